The van der Waals surface area contributed by atoms with Crippen LogP contribution >= 0.6 is 0 Å². The molecule has 0 saturated heterocycles. The fourth-order valence-electron chi connectivity index (χ4n) is 1.62. The monoisotopic (exact) mass is 283 g/mol. The van der Waals surface area contributed by atoms with E-state index in [4.69, 9.17) is 14.3 Å². The third-order valence-corrected chi connectivity index (χ3v) is 2.66. The Labute approximate surface area is 118 Å². The summed E-state index contributed by atoms with van der Waals surface area (Å²) in [6.07, 6.45) is 3.97. The molecule has 0 aromatic carbocycles. The Morgan fingerprint density at radius 1 is 1.25 bits per heavy atom. The zero-order valence-electron chi connectivity index (χ0n) is 11.5. The van der Waals surface area contributed by atoms with E-state index in [0.717, 1.165) is 12.2 Å². The van der Waals surface area contributed by atoms with E-state index < -0.39 is 5.97 Å². The van der Waals surface area contributed by atoms with E-state index in [2.05, 4.69) is 5.32 Å². The highest BCUT2D eigenvalue weighted by atomic mass is 16.5. The molecule has 6 nitrogen and oxygen atoms in total. The number of hydrogen-bond donors (Lipinski definition) is 2. The van der Waals surface area contributed by atoms with Crippen LogP contribution in [0.5, 0.6) is 0 Å². The van der Waals surface area contributed by atoms with Gasteiger partial charge in [0.2, 0.25) is 5.91 Å². The van der Waals surface area contributed by atoms with Gasteiger partial charge in [0.15, 0.2) is 0 Å². The minimum absolute atomic E-state index is 0.0403. The first-order valence-corrected chi connectivity index (χ1v) is 6.77. The van der Waals surface area contributed by atoms with E-state index in [1.165, 1.54) is 0 Å². The van der Waals surface area contributed by atoms with Crippen molar-refractivity contribution in [1.82, 2.24) is 5.32 Å². The van der Waals surface area contributed by atoms with Gasteiger partial charge >= 0.3 is 5.97 Å². The van der Waals surface area contributed by atoms with E-state index in [0.29, 0.717) is 39.0 Å². The quantitative estimate of drug-likeness (QED) is 0.606. The molecule has 0 saturated carbocycles. The average Bonchev–Trinajstić information content (AvgIpc) is 2.91. The molecule has 0 aliphatic carbocycles. The lowest BCUT2D eigenvalue weighted by atomic mass is 10.2. The lowest BCUT2D eigenvalue weighted by Crippen LogP contribution is -2.24. The summed E-state index contributed by atoms with van der Waals surface area (Å²) in [7, 11) is 0. The highest BCUT2D eigenvalue weighted by Crippen LogP contribution is 2.02. The van der Waals surface area contributed by atoms with Crippen LogP contribution < -0.4 is 5.32 Å². The molecule has 1 aromatic heterocycles. The molecule has 0 fully saturated rings. The Bertz CT molecular complexity index is 388. The van der Waals surface area contributed by atoms with Gasteiger partial charge in [-0.3, -0.25) is 9.59 Å². The summed E-state index contributed by atoms with van der Waals surface area (Å²) in [4.78, 5) is 21.7. The predicted octanol–water partition coefficient (Wildman–Crippen LogP) is 1.95. The maximum atomic E-state index is 11.4. The standard InChI is InChI=1S/C14H21NO5/c16-13(6-1-2-7-14(17)18)15-8-4-9-19-11-12-5-3-10-20-12/h3,5,10H,1-2,4,6-9,11H2,(H,15,16)(H,17,18). The van der Waals surface area contributed by atoms with Crippen LogP contribution in [0.4, 0.5) is 0 Å². The molecule has 0 aliphatic heterocycles. The third kappa shape index (κ3) is 8.31. The number of hydrogen-bond acceptors (Lipinski definition) is 4. The van der Waals surface area contributed by atoms with Crippen LogP contribution in [0.25, 0.3) is 0 Å². The molecule has 1 amide bonds. The van der Waals surface area contributed by atoms with Gasteiger partial charge in [-0.25, -0.2) is 0 Å². The second-order valence-corrected chi connectivity index (χ2v) is 4.44. The third-order valence-electron chi connectivity index (χ3n) is 2.66. The fourth-order valence-corrected chi connectivity index (χ4v) is 1.62. The molecule has 0 bridgehead atoms. The van der Waals surface area contributed by atoms with Gasteiger partial charge in [-0.15, -0.1) is 0 Å². The predicted molar refractivity (Wildman–Crippen MR) is 72.1 cm³/mol. The molecule has 20 heavy (non-hydrogen) atoms. The first-order valence-electron chi connectivity index (χ1n) is 6.77. The smallest absolute Gasteiger partial charge is 0.303 e. The van der Waals surface area contributed by atoms with Crippen LogP contribution in [0.1, 0.15) is 37.9 Å². The Hall–Kier alpha value is -1.82. The Morgan fingerprint density at radius 2 is 2.05 bits per heavy atom. The second kappa shape index (κ2) is 10.0. The topological polar surface area (TPSA) is 88.8 Å². The van der Waals surface area contributed by atoms with Gasteiger partial charge < -0.3 is 19.6 Å². The lowest BCUT2D eigenvalue weighted by Gasteiger charge is -2.05. The molecule has 2 N–H and O–H groups in total. The number of carbonyl (C=O) groups excluding carboxylic acids is 1. The van der Waals surface area contributed by atoms with E-state index in [-0.39, 0.29) is 12.3 Å². The van der Waals surface area contributed by atoms with Crippen LogP contribution in [-0.2, 0) is 20.9 Å². The fraction of sp³-hybridized carbons (Fsp3) is 0.571. The van der Waals surface area contributed by atoms with Crippen LogP contribution in [0.3, 0.4) is 0 Å². The van der Waals surface area contributed by atoms with Gasteiger partial charge in [-0.05, 0) is 31.4 Å². The molecule has 0 atom stereocenters. The van der Waals surface area contributed by atoms with Crippen LogP contribution in [0.2, 0.25) is 0 Å². The summed E-state index contributed by atoms with van der Waals surface area (Å²) in [5.74, 6) is -0.0759. The highest BCUT2D eigenvalue weighted by Gasteiger charge is 2.02. The number of ether oxygens (including phenoxy) is 1. The first-order chi connectivity index (χ1) is 9.68. The maximum absolute atomic E-state index is 11.4. The van der Waals surface area contributed by atoms with Gasteiger partial charge in [0.1, 0.15) is 12.4 Å². The van der Waals surface area contributed by atoms with Gasteiger partial charge in [0.05, 0.1) is 6.26 Å². The SMILES string of the molecule is O=C(O)CCCCC(=O)NCCCOCc1ccco1. The highest BCUT2D eigenvalue weighted by molar-refractivity contribution is 5.75. The number of carboxylic acid groups (broad SMARTS) is 1. The lowest BCUT2D eigenvalue weighted by molar-refractivity contribution is -0.137. The van der Waals surface area contributed by atoms with Gasteiger partial charge in [-0.1, -0.05) is 0 Å². The number of furan rings is 1. The Kier molecular flexibility index (Phi) is 8.14. The van der Waals surface area contributed by atoms with Crippen LogP contribution in [-0.4, -0.2) is 30.1 Å². The molecule has 112 valence electrons. The number of rotatable bonds is 11. The summed E-state index contributed by atoms with van der Waals surface area (Å²) in [5.41, 5.74) is 0. The number of unbranched alkanes of at least 4 members (excludes halogenated alkanes) is 1. The normalized spacial score (nSPS) is 10.4. The van der Waals surface area contributed by atoms with Gasteiger partial charge in [0.25, 0.3) is 0 Å². The van der Waals surface area contributed by atoms with Crippen molar-refractivity contribution in [3.63, 3.8) is 0 Å². The number of nitrogens with one attached hydrogen (secondary N) is 1. The summed E-state index contributed by atoms with van der Waals surface area (Å²) >= 11 is 0. The van der Waals surface area contributed by atoms with Crippen LogP contribution in [0.15, 0.2) is 22.8 Å². The number of aliphatic carboxylic acids is 1. The van der Waals surface area contributed by atoms with Gasteiger partial charge in [0, 0.05) is 26.0 Å². The molecule has 1 heterocycles. The van der Waals surface area contributed by atoms with Crippen molar-refractivity contribution in [2.75, 3.05) is 13.2 Å². The Morgan fingerprint density at radius 3 is 2.75 bits per heavy atom. The van der Waals surface area contributed by atoms with Crippen molar-refractivity contribution < 1.29 is 23.8 Å². The molecule has 0 spiro atoms. The zero-order chi connectivity index (χ0) is 14.6. The van der Waals surface area contributed by atoms with Gasteiger partial charge in [-0.2, -0.15) is 0 Å². The summed E-state index contributed by atoms with van der Waals surface area (Å²) in [5, 5.41) is 11.2. The molecular weight excluding hydrogens is 262 g/mol. The van der Waals surface area contributed by atoms with Crippen LogP contribution in [0, 0.1) is 0 Å². The second-order valence-electron chi connectivity index (χ2n) is 4.44. The summed E-state index contributed by atoms with van der Waals surface area (Å²) in [6, 6.07) is 3.65. The van der Waals surface area contributed by atoms with Crippen molar-refractivity contribution in [2.24, 2.45) is 0 Å². The maximum Gasteiger partial charge on any atom is 0.303 e. The van der Waals surface area contributed by atoms with Crippen molar-refractivity contribution in [3.8, 4) is 0 Å². The summed E-state index contributed by atoms with van der Waals surface area (Å²) in [6.45, 7) is 1.56. The molecule has 1 aromatic rings. The van der Waals surface area contributed by atoms with Crippen molar-refractivity contribution in [1.29, 1.82) is 0 Å². The minimum Gasteiger partial charge on any atom is -0.481 e. The number of carbonyl (C=O) groups is 2. The largest absolute Gasteiger partial charge is 0.481 e. The number of carboxylic acids is 1. The van der Waals surface area contributed by atoms with E-state index >= 15 is 0 Å². The van der Waals surface area contributed by atoms with Crippen molar-refractivity contribution in [3.05, 3.63) is 24.2 Å². The van der Waals surface area contributed by atoms with Crippen molar-refractivity contribution in [2.45, 2.75) is 38.7 Å². The molecule has 0 aliphatic rings. The molecule has 1 rings (SSSR count). The van der Waals surface area contributed by atoms with E-state index in [1.807, 2.05) is 12.1 Å². The zero-order valence-corrected chi connectivity index (χ0v) is 11.5. The number of amides is 1. The molecule has 6 heteroatoms. The molecule has 0 radical (unpaired) electrons. The Balaban J connectivity index is 1.87. The molecular formula is C14H21NO5. The van der Waals surface area contributed by atoms with Crippen molar-refractivity contribution >= 4 is 11.9 Å². The average molecular weight is 283 g/mol. The molecule has 0 unspecified atom stereocenters. The minimum atomic E-state index is -0.820. The summed E-state index contributed by atoms with van der Waals surface area (Å²) < 4.78 is 10.5. The van der Waals surface area contributed by atoms with E-state index in [1.54, 1.807) is 6.26 Å². The van der Waals surface area contributed by atoms with E-state index in [9.17, 15) is 9.59 Å². The first kappa shape index (κ1) is 16.2.